The van der Waals surface area contributed by atoms with E-state index in [0.29, 0.717) is 5.56 Å². The van der Waals surface area contributed by atoms with Crippen LogP contribution in [0.15, 0.2) is 40.3 Å². The van der Waals surface area contributed by atoms with E-state index in [0.717, 1.165) is 51.8 Å². The maximum atomic E-state index is 16.1. The van der Waals surface area contributed by atoms with Gasteiger partial charge in [-0.2, -0.15) is 0 Å². The molecule has 1 amide bonds. The minimum atomic E-state index is -3.35. The van der Waals surface area contributed by atoms with E-state index in [1.54, 1.807) is 24.3 Å². The van der Waals surface area contributed by atoms with Crippen LogP contribution in [0.25, 0.3) is 0 Å². The Labute approximate surface area is 191 Å². The zero-order valence-corrected chi connectivity index (χ0v) is 22.8. The number of benzene rings is 1. The summed E-state index contributed by atoms with van der Waals surface area (Å²) in [5, 5.41) is 2.74. The second kappa shape index (κ2) is 13.9. The van der Waals surface area contributed by atoms with Crippen LogP contribution in [0.2, 0.25) is 13.3 Å². The number of unbranched alkanes of at least 4 members (excludes halogenated alkanes) is 3. The molecule has 1 rings (SSSR count). The second-order valence-corrected chi connectivity index (χ2v) is 21.6. The molecule has 0 aromatic heterocycles. The first kappa shape index (κ1) is 27.7. The van der Waals surface area contributed by atoms with Crippen molar-refractivity contribution in [2.45, 2.75) is 85.1 Å². The van der Waals surface area contributed by atoms with E-state index in [1.807, 2.05) is 6.07 Å². The molecular formula is C25H40FNO3Sn. The molecular weight excluding hydrogens is 500 g/mol. The van der Waals surface area contributed by atoms with Gasteiger partial charge in [-0.25, -0.2) is 0 Å². The molecule has 0 bridgehead atoms. The van der Waals surface area contributed by atoms with Gasteiger partial charge in [0.1, 0.15) is 0 Å². The quantitative estimate of drug-likeness (QED) is 0.214. The Morgan fingerprint density at radius 1 is 1.00 bits per heavy atom. The van der Waals surface area contributed by atoms with Gasteiger partial charge < -0.3 is 0 Å². The van der Waals surface area contributed by atoms with Gasteiger partial charge in [-0.1, -0.05) is 0 Å². The predicted molar refractivity (Wildman–Crippen MR) is 128 cm³/mol. The number of esters is 1. The number of nitrogens with one attached hydrogen (secondary N) is 1. The Bertz CT molecular complexity index is 701. The molecule has 31 heavy (non-hydrogen) atoms. The average molecular weight is 540 g/mol. The van der Waals surface area contributed by atoms with Crippen LogP contribution >= 0.6 is 0 Å². The standard InChI is InChI=1S/C13H13FNO3.3C4H9.Sn/c1-13(8-9-14,12(17)18-2)15-11(16)10-6-4-3-5-7-10;3*1-3-4-2;/h3-8H,1-2H3,(H,15,16);3*1,3-4H2,2H3;/t13-;;;;/m0..../s1. The van der Waals surface area contributed by atoms with Crippen molar-refractivity contribution in [3.63, 3.8) is 0 Å². The van der Waals surface area contributed by atoms with Gasteiger partial charge in [-0.3, -0.25) is 0 Å². The van der Waals surface area contributed by atoms with Crippen LogP contribution in [0.5, 0.6) is 0 Å². The number of carbonyl (C=O) groups is 2. The zero-order chi connectivity index (χ0) is 23.3. The molecule has 0 radical (unpaired) electrons. The fourth-order valence-electron chi connectivity index (χ4n) is 3.94. The summed E-state index contributed by atoms with van der Waals surface area (Å²) in [5.41, 5.74) is -1.12. The summed E-state index contributed by atoms with van der Waals surface area (Å²) in [4.78, 5) is 25.5. The predicted octanol–water partition coefficient (Wildman–Crippen LogP) is 6.59. The van der Waals surface area contributed by atoms with E-state index >= 15 is 4.39 Å². The van der Waals surface area contributed by atoms with E-state index in [-0.39, 0.29) is 3.84 Å². The number of halogens is 1. The van der Waals surface area contributed by atoms with Gasteiger partial charge in [-0.15, -0.1) is 0 Å². The topological polar surface area (TPSA) is 55.4 Å². The van der Waals surface area contributed by atoms with Gasteiger partial charge in [0, 0.05) is 0 Å². The summed E-state index contributed by atoms with van der Waals surface area (Å²) in [6.45, 7) is 7.94. The molecule has 0 saturated carbocycles. The molecule has 0 fully saturated rings. The maximum absolute atomic E-state index is 16.1. The Morgan fingerprint density at radius 3 is 1.90 bits per heavy atom. The Balaban J connectivity index is 3.37. The van der Waals surface area contributed by atoms with Gasteiger partial charge in [-0.05, 0) is 0 Å². The normalized spacial score (nSPS) is 14.1. The second-order valence-electron chi connectivity index (χ2n) is 8.60. The molecule has 1 aromatic carbocycles. The van der Waals surface area contributed by atoms with Gasteiger partial charge in [0.05, 0.1) is 0 Å². The summed E-state index contributed by atoms with van der Waals surface area (Å²) >= 11 is -3.35. The van der Waals surface area contributed by atoms with E-state index in [9.17, 15) is 9.59 Å². The van der Waals surface area contributed by atoms with Crippen molar-refractivity contribution in [2.75, 3.05) is 7.11 Å². The number of hydrogen-bond donors (Lipinski definition) is 1. The van der Waals surface area contributed by atoms with Crippen LogP contribution in [0.4, 0.5) is 4.39 Å². The number of carbonyl (C=O) groups excluding carboxylic acids is 2. The molecule has 0 saturated heterocycles. The van der Waals surface area contributed by atoms with Gasteiger partial charge in [0.25, 0.3) is 0 Å². The SMILES string of the molecule is CCC[CH2][Sn]([CH2]CCC)([CH2]CCC)/[C](F)=C/[C@](C)(NC(=O)c1ccccc1)C(=O)OC. The first-order valence-electron chi connectivity index (χ1n) is 11.6. The van der Waals surface area contributed by atoms with Crippen LogP contribution in [0, 0.1) is 0 Å². The fourth-order valence-corrected chi connectivity index (χ4v) is 18.6. The van der Waals surface area contributed by atoms with Crippen LogP contribution in [-0.2, 0) is 9.53 Å². The molecule has 1 N–H and O–H groups in total. The first-order chi connectivity index (χ1) is 14.8. The molecule has 1 atom stereocenters. The number of ether oxygens (including phenoxy) is 1. The van der Waals surface area contributed by atoms with Crippen LogP contribution in [0.1, 0.15) is 76.6 Å². The molecule has 0 unspecified atom stereocenters. The van der Waals surface area contributed by atoms with Gasteiger partial charge in [0.2, 0.25) is 0 Å². The van der Waals surface area contributed by atoms with Crippen molar-refractivity contribution in [1.82, 2.24) is 5.32 Å². The summed E-state index contributed by atoms with van der Waals surface area (Å²) in [6.07, 6.45) is 7.51. The summed E-state index contributed by atoms with van der Waals surface area (Å²) in [5.74, 6) is -1.08. The van der Waals surface area contributed by atoms with E-state index < -0.39 is 35.8 Å². The molecule has 0 aliphatic heterocycles. The number of hydrogen-bond acceptors (Lipinski definition) is 3. The summed E-state index contributed by atoms with van der Waals surface area (Å²) in [6, 6.07) is 8.65. The average Bonchev–Trinajstić information content (AvgIpc) is 2.78. The Hall–Kier alpha value is -1.37. The van der Waals surface area contributed by atoms with Crippen LogP contribution < -0.4 is 5.32 Å². The van der Waals surface area contributed by atoms with Crippen molar-refractivity contribution in [2.24, 2.45) is 0 Å². The van der Waals surface area contributed by atoms with Crippen molar-refractivity contribution in [3.8, 4) is 0 Å². The van der Waals surface area contributed by atoms with Crippen molar-refractivity contribution in [1.29, 1.82) is 0 Å². The van der Waals surface area contributed by atoms with E-state index in [2.05, 4.69) is 26.1 Å². The van der Waals surface area contributed by atoms with Crippen LogP contribution in [-0.4, -0.2) is 42.9 Å². The minimum absolute atomic E-state index is 0.106. The van der Waals surface area contributed by atoms with Crippen molar-refractivity contribution in [3.05, 3.63) is 45.8 Å². The third-order valence-electron chi connectivity index (χ3n) is 5.97. The molecule has 0 heterocycles. The van der Waals surface area contributed by atoms with Crippen molar-refractivity contribution < 1.29 is 18.7 Å². The number of methoxy groups -OCH3 is 1. The zero-order valence-electron chi connectivity index (χ0n) is 19.9. The van der Waals surface area contributed by atoms with E-state index in [1.165, 1.54) is 20.1 Å². The first-order valence-corrected chi connectivity index (χ1v) is 19.1. The van der Waals surface area contributed by atoms with E-state index in [4.69, 9.17) is 4.74 Å². The van der Waals surface area contributed by atoms with Gasteiger partial charge in [0.15, 0.2) is 0 Å². The molecule has 0 aliphatic carbocycles. The molecule has 0 spiro atoms. The monoisotopic (exact) mass is 541 g/mol. The Morgan fingerprint density at radius 2 is 1.48 bits per heavy atom. The fraction of sp³-hybridized carbons (Fsp3) is 0.600. The van der Waals surface area contributed by atoms with Crippen LogP contribution in [0.3, 0.4) is 0 Å². The molecule has 0 aliphatic rings. The summed E-state index contributed by atoms with van der Waals surface area (Å²) < 4.78 is 23.8. The summed E-state index contributed by atoms with van der Waals surface area (Å²) in [7, 11) is 1.27. The number of amides is 1. The molecule has 1 aromatic rings. The molecule has 4 nitrogen and oxygen atoms in total. The molecule has 174 valence electrons. The van der Waals surface area contributed by atoms with Gasteiger partial charge >= 0.3 is 192 Å². The third kappa shape index (κ3) is 8.24. The number of rotatable bonds is 14. The molecule has 6 heteroatoms. The Kier molecular flexibility index (Phi) is 12.4. The van der Waals surface area contributed by atoms with Crippen molar-refractivity contribution >= 4 is 30.3 Å². The third-order valence-corrected chi connectivity index (χ3v) is 20.5.